The highest BCUT2D eigenvalue weighted by Gasteiger charge is 2.56. The molecule has 0 spiro atoms. The van der Waals surface area contributed by atoms with Crippen molar-refractivity contribution in [3.05, 3.63) is 0 Å². The molecular weight excluding hydrogens is 234 g/mol. The Bertz CT molecular complexity index is 356. The van der Waals surface area contributed by atoms with Crippen LogP contribution in [0.1, 0.15) is 53.9 Å². The number of carbonyl (C=O) groups excluding carboxylic acids is 1. The van der Waals surface area contributed by atoms with Crippen LogP contribution in [0.2, 0.25) is 0 Å². The molecule has 1 amide bonds. The fourth-order valence-electron chi connectivity index (χ4n) is 2.51. The van der Waals surface area contributed by atoms with E-state index >= 15 is 0 Å². The van der Waals surface area contributed by atoms with Crippen LogP contribution in [0.3, 0.4) is 0 Å². The summed E-state index contributed by atoms with van der Waals surface area (Å²) in [5, 5.41) is 12.1. The zero-order valence-corrected chi connectivity index (χ0v) is 11.8. The number of nitrogens with one attached hydrogen (secondary N) is 1. The number of carbonyl (C=O) groups is 2. The summed E-state index contributed by atoms with van der Waals surface area (Å²) in [5.41, 5.74) is -2.34. The number of rotatable bonds is 2. The summed E-state index contributed by atoms with van der Waals surface area (Å²) in [4.78, 5) is 23.4. The summed E-state index contributed by atoms with van der Waals surface area (Å²) in [6, 6.07) is 0. The van der Waals surface area contributed by atoms with E-state index in [1.165, 1.54) is 0 Å². The number of alkyl carbamates (subject to hydrolysis) is 1. The summed E-state index contributed by atoms with van der Waals surface area (Å²) in [7, 11) is 0. The molecule has 0 aliphatic heterocycles. The molecule has 1 atom stereocenters. The quantitative estimate of drug-likeness (QED) is 0.797. The first kappa shape index (κ1) is 14.8. The molecule has 0 unspecified atom stereocenters. The fraction of sp³-hybridized carbons (Fsp3) is 0.846. The highest BCUT2D eigenvalue weighted by atomic mass is 16.6. The Morgan fingerprint density at radius 2 is 1.78 bits per heavy atom. The zero-order chi connectivity index (χ0) is 14.2. The molecule has 0 radical (unpaired) electrons. The lowest BCUT2D eigenvalue weighted by atomic mass is 9.75. The molecule has 1 fully saturated rings. The van der Waals surface area contributed by atoms with E-state index in [-0.39, 0.29) is 0 Å². The van der Waals surface area contributed by atoms with E-state index in [0.29, 0.717) is 6.42 Å². The van der Waals surface area contributed by atoms with Crippen LogP contribution in [0.4, 0.5) is 4.79 Å². The molecule has 0 bridgehead atoms. The minimum absolute atomic E-state index is 0.439. The Kier molecular flexibility index (Phi) is 3.65. The largest absolute Gasteiger partial charge is 0.479 e. The van der Waals surface area contributed by atoms with Crippen molar-refractivity contribution in [3.8, 4) is 0 Å². The first-order valence-electron chi connectivity index (χ1n) is 6.25. The Morgan fingerprint density at radius 1 is 1.22 bits per heavy atom. The minimum atomic E-state index is -1.23. The van der Waals surface area contributed by atoms with E-state index in [9.17, 15) is 14.7 Å². The Hall–Kier alpha value is -1.26. The summed E-state index contributed by atoms with van der Waals surface area (Å²) in [5.74, 6) is -0.990. The monoisotopic (exact) mass is 257 g/mol. The van der Waals surface area contributed by atoms with Gasteiger partial charge in [-0.2, -0.15) is 0 Å². The Labute approximate surface area is 108 Å². The zero-order valence-electron chi connectivity index (χ0n) is 11.8. The fourth-order valence-corrected chi connectivity index (χ4v) is 2.51. The van der Waals surface area contributed by atoms with E-state index in [1.54, 1.807) is 20.8 Å². The van der Waals surface area contributed by atoms with Crippen LogP contribution in [0.5, 0.6) is 0 Å². The van der Waals surface area contributed by atoms with Crippen molar-refractivity contribution in [1.82, 2.24) is 5.32 Å². The van der Waals surface area contributed by atoms with E-state index in [0.717, 1.165) is 12.8 Å². The average Bonchev–Trinajstić information content (AvgIpc) is 2.39. The van der Waals surface area contributed by atoms with Crippen molar-refractivity contribution >= 4 is 12.1 Å². The van der Waals surface area contributed by atoms with Gasteiger partial charge in [0, 0.05) is 0 Å². The maximum absolute atomic E-state index is 11.8. The smallest absolute Gasteiger partial charge is 0.408 e. The van der Waals surface area contributed by atoms with Crippen LogP contribution in [-0.4, -0.2) is 28.3 Å². The standard InChI is InChI=1S/C13H23NO4/c1-11(2,3)18-10(17)14-13(9(15)16)8-6-7-12(13,4)5/h6-8H2,1-5H3,(H,14,17)(H,15,16)/t13-/m1/s1. The predicted molar refractivity (Wildman–Crippen MR) is 67.4 cm³/mol. The van der Waals surface area contributed by atoms with Gasteiger partial charge in [0.25, 0.3) is 0 Å². The van der Waals surface area contributed by atoms with E-state index in [1.807, 2.05) is 13.8 Å². The van der Waals surface area contributed by atoms with Crippen LogP contribution < -0.4 is 5.32 Å². The molecule has 1 aliphatic carbocycles. The third-order valence-electron chi connectivity index (χ3n) is 3.59. The Morgan fingerprint density at radius 3 is 2.11 bits per heavy atom. The number of carboxylic acid groups (broad SMARTS) is 1. The van der Waals surface area contributed by atoms with E-state index < -0.39 is 28.6 Å². The molecule has 5 heteroatoms. The molecular formula is C13H23NO4. The predicted octanol–water partition coefficient (Wildman–Crippen LogP) is 2.54. The first-order chi connectivity index (χ1) is 8.00. The van der Waals surface area contributed by atoms with Gasteiger partial charge >= 0.3 is 12.1 Å². The second kappa shape index (κ2) is 4.44. The van der Waals surface area contributed by atoms with Gasteiger partial charge in [0.05, 0.1) is 0 Å². The lowest BCUT2D eigenvalue weighted by molar-refractivity contribution is -0.149. The third kappa shape index (κ3) is 2.76. The molecule has 2 N–H and O–H groups in total. The molecule has 1 saturated carbocycles. The molecule has 1 rings (SSSR count). The maximum atomic E-state index is 11.8. The lowest BCUT2D eigenvalue weighted by Crippen LogP contribution is -2.61. The van der Waals surface area contributed by atoms with Crippen LogP contribution in [0.25, 0.3) is 0 Å². The van der Waals surface area contributed by atoms with Crippen LogP contribution in [0.15, 0.2) is 0 Å². The van der Waals surface area contributed by atoms with Gasteiger partial charge in [-0.05, 0) is 45.4 Å². The molecule has 0 aromatic rings. The van der Waals surface area contributed by atoms with Crippen molar-refractivity contribution in [3.63, 3.8) is 0 Å². The van der Waals surface area contributed by atoms with Crippen molar-refractivity contribution < 1.29 is 19.4 Å². The maximum Gasteiger partial charge on any atom is 0.408 e. The first-order valence-corrected chi connectivity index (χ1v) is 6.25. The average molecular weight is 257 g/mol. The molecule has 18 heavy (non-hydrogen) atoms. The summed E-state index contributed by atoms with van der Waals surface area (Å²) >= 11 is 0. The van der Waals surface area contributed by atoms with Crippen LogP contribution in [-0.2, 0) is 9.53 Å². The van der Waals surface area contributed by atoms with Gasteiger partial charge in [-0.1, -0.05) is 13.8 Å². The normalized spacial score (nSPS) is 26.7. The summed E-state index contributed by atoms with van der Waals surface area (Å²) in [6.07, 6.45) is 1.33. The molecule has 0 aromatic carbocycles. The summed E-state index contributed by atoms with van der Waals surface area (Å²) in [6.45, 7) is 8.98. The SMILES string of the molecule is CC(C)(C)OC(=O)N[C@@]1(C(=O)O)CCCC1(C)C. The van der Waals surface area contributed by atoms with Gasteiger partial charge in [-0.25, -0.2) is 9.59 Å². The van der Waals surface area contributed by atoms with Gasteiger partial charge in [0.2, 0.25) is 0 Å². The highest BCUT2D eigenvalue weighted by molar-refractivity contribution is 5.86. The van der Waals surface area contributed by atoms with Crippen LogP contribution >= 0.6 is 0 Å². The van der Waals surface area contributed by atoms with Crippen molar-refractivity contribution in [2.24, 2.45) is 5.41 Å². The number of ether oxygens (including phenoxy) is 1. The number of amides is 1. The van der Waals surface area contributed by atoms with Gasteiger partial charge < -0.3 is 15.2 Å². The number of hydrogen-bond acceptors (Lipinski definition) is 3. The Balaban J connectivity index is 2.89. The molecule has 1 aliphatic rings. The number of carboxylic acids is 1. The lowest BCUT2D eigenvalue weighted by Gasteiger charge is -2.38. The van der Waals surface area contributed by atoms with Crippen molar-refractivity contribution in [2.75, 3.05) is 0 Å². The molecule has 104 valence electrons. The number of hydrogen-bond donors (Lipinski definition) is 2. The molecule has 0 aromatic heterocycles. The van der Waals surface area contributed by atoms with Gasteiger partial charge in [0.15, 0.2) is 0 Å². The van der Waals surface area contributed by atoms with Gasteiger partial charge in [-0.3, -0.25) is 0 Å². The second-order valence-corrected chi connectivity index (χ2v) is 6.57. The number of aliphatic carboxylic acids is 1. The van der Waals surface area contributed by atoms with Crippen molar-refractivity contribution in [2.45, 2.75) is 65.0 Å². The van der Waals surface area contributed by atoms with Crippen LogP contribution in [0, 0.1) is 5.41 Å². The molecule has 0 saturated heterocycles. The summed E-state index contributed by atoms with van der Waals surface area (Å²) < 4.78 is 5.15. The highest BCUT2D eigenvalue weighted by Crippen LogP contribution is 2.46. The van der Waals surface area contributed by atoms with Crippen molar-refractivity contribution in [1.29, 1.82) is 0 Å². The van der Waals surface area contributed by atoms with E-state index in [2.05, 4.69) is 5.32 Å². The topological polar surface area (TPSA) is 75.6 Å². The molecule has 5 nitrogen and oxygen atoms in total. The minimum Gasteiger partial charge on any atom is -0.479 e. The second-order valence-electron chi connectivity index (χ2n) is 6.57. The third-order valence-corrected chi connectivity index (χ3v) is 3.59. The van der Waals surface area contributed by atoms with Gasteiger partial charge in [0.1, 0.15) is 11.1 Å². The van der Waals surface area contributed by atoms with E-state index in [4.69, 9.17) is 4.74 Å². The van der Waals surface area contributed by atoms with Gasteiger partial charge in [-0.15, -0.1) is 0 Å². The molecule has 0 heterocycles.